The van der Waals surface area contributed by atoms with E-state index in [0.29, 0.717) is 18.1 Å². The highest BCUT2D eigenvalue weighted by atomic mass is 16.6. The summed E-state index contributed by atoms with van der Waals surface area (Å²) in [5, 5.41) is 8.89. The van der Waals surface area contributed by atoms with Crippen molar-refractivity contribution >= 4 is 24.1 Å². The fraction of sp³-hybridized carbons (Fsp3) is 0.158. The molecule has 124 valence electrons. The second kappa shape index (κ2) is 7.97. The maximum Gasteiger partial charge on any atom is 0.335 e. The molecule has 5 nitrogen and oxygen atoms in total. The van der Waals surface area contributed by atoms with Crippen LogP contribution in [0.4, 0.5) is 0 Å². The van der Waals surface area contributed by atoms with Gasteiger partial charge in [-0.2, -0.15) is 0 Å². The predicted octanol–water partition coefficient (Wildman–Crippen LogP) is 3.88. The Balaban J connectivity index is 2.20. The van der Waals surface area contributed by atoms with Gasteiger partial charge in [0.25, 0.3) is 0 Å². The molecule has 0 aliphatic heterocycles. The first-order chi connectivity index (χ1) is 11.5. The molecular weight excluding hydrogens is 308 g/mol. The van der Waals surface area contributed by atoms with Gasteiger partial charge >= 0.3 is 11.9 Å². The van der Waals surface area contributed by atoms with Crippen molar-refractivity contribution in [2.75, 3.05) is 6.61 Å². The summed E-state index contributed by atoms with van der Waals surface area (Å²) >= 11 is 0. The van der Waals surface area contributed by atoms with E-state index in [2.05, 4.69) is 0 Å². The van der Waals surface area contributed by atoms with E-state index in [1.165, 1.54) is 6.92 Å². The number of hydrogen-bond acceptors (Lipinski definition) is 4. The van der Waals surface area contributed by atoms with Gasteiger partial charge in [-0.15, -0.1) is 0 Å². The van der Waals surface area contributed by atoms with Crippen LogP contribution < -0.4 is 9.47 Å². The number of ether oxygens (including phenoxy) is 2. The summed E-state index contributed by atoms with van der Waals surface area (Å²) < 4.78 is 10.6. The van der Waals surface area contributed by atoms with Crippen LogP contribution in [0.1, 0.15) is 35.3 Å². The Labute approximate surface area is 140 Å². The number of rotatable bonds is 6. The highest BCUT2D eigenvalue weighted by Gasteiger charge is 2.08. The van der Waals surface area contributed by atoms with Crippen molar-refractivity contribution in [2.24, 2.45) is 0 Å². The average Bonchev–Trinajstić information content (AvgIpc) is 2.55. The molecule has 0 aliphatic carbocycles. The van der Waals surface area contributed by atoms with E-state index >= 15 is 0 Å². The third-order valence-corrected chi connectivity index (χ3v) is 3.15. The van der Waals surface area contributed by atoms with E-state index in [9.17, 15) is 9.59 Å². The quantitative estimate of drug-likeness (QED) is 0.495. The molecule has 0 radical (unpaired) electrons. The third kappa shape index (κ3) is 4.71. The molecule has 0 saturated carbocycles. The topological polar surface area (TPSA) is 72.8 Å². The van der Waals surface area contributed by atoms with Crippen molar-refractivity contribution in [1.82, 2.24) is 0 Å². The monoisotopic (exact) mass is 326 g/mol. The lowest BCUT2D eigenvalue weighted by Crippen LogP contribution is -2.04. The standard InChI is InChI=1S/C19H18O5/c1-3-23-18-12-15(8-11-17(18)24-13(2)20)5-4-14-6-9-16(10-7-14)19(21)22/h4-12H,3H2,1-2H3,(H,21,22). The number of esters is 1. The van der Waals surface area contributed by atoms with Gasteiger partial charge in [0.05, 0.1) is 12.2 Å². The van der Waals surface area contributed by atoms with E-state index in [0.717, 1.165) is 11.1 Å². The Bertz CT molecular complexity index is 760. The van der Waals surface area contributed by atoms with Crippen LogP contribution >= 0.6 is 0 Å². The molecule has 2 aromatic rings. The average molecular weight is 326 g/mol. The second-order valence-electron chi connectivity index (χ2n) is 4.99. The van der Waals surface area contributed by atoms with E-state index in [1.807, 2.05) is 25.1 Å². The van der Waals surface area contributed by atoms with Crippen LogP contribution in [0, 0.1) is 0 Å². The predicted molar refractivity (Wildman–Crippen MR) is 91.2 cm³/mol. The molecule has 24 heavy (non-hydrogen) atoms. The van der Waals surface area contributed by atoms with Gasteiger partial charge in [-0.05, 0) is 42.3 Å². The van der Waals surface area contributed by atoms with E-state index in [1.54, 1.807) is 36.4 Å². The third-order valence-electron chi connectivity index (χ3n) is 3.15. The van der Waals surface area contributed by atoms with Crippen molar-refractivity contribution in [3.05, 3.63) is 59.2 Å². The summed E-state index contributed by atoms with van der Waals surface area (Å²) in [5.74, 6) is -0.478. The summed E-state index contributed by atoms with van der Waals surface area (Å²) in [7, 11) is 0. The molecule has 0 fully saturated rings. The summed E-state index contributed by atoms with van der Waals surface area (Å²) in [6, 6.07) is 11.8. The molecule has 0 amide bonds. The smallest absolute Gasteiger partial charge is 0.335 e. The molecule has 2 rings (SSSR count). The van der Waals surface area contributed by atoms with Crippen molar-refractivity contribution < 1.29 is 24.2 Å². The van der Waals surface area contributed by atoms with Gasteiger partial charge in [0.1, 0.15) is 0 Å². The van der Waals surface area contributed by atoms with Crippen molar-refractivity contribution in [1.29, 1.82) is 0 Å². The van der Waals surface area contributed by atoms with Crippen LogP contribution in [0.2, 0.25) is 0 Å². The molecule has 0 saturated heterocycles. The van der Waals surface area contributed by atoms with Gasteiger partial charge in [0, 0.05) is 6.92 Å². The largest absolute Gasteiger partial charge is 0.490 e. The molecule has 0 unspecified atom stereocenters. The molecule has 0 aromatic heterocycles. The molecule has 0 atom stereocenters. The van der Waals surface area contributed by atoms with E-state index in [4.69, 9.17) is 14.6 Å². The summed E-state index contributed by atoms with van der Waals surface area (Å²) in [4.78, 5) is 21.9. The fourth-order valence-electron chi connectivity index (χ4n) is 2.07. The van der Waals surface area contributed by atoms with Gasteiger partial charge in [-0.1, -0.05) is 30.4 Å². The Morgan fingerprint density at radius 2 is 1.62 bits per heavy atom. The zero-order valence-electron chi connectivity index (χ0n) is 13.5. The SMILES string of the molecule is CCOc1cc(C=Cc2ccc(C(=O)O)cc2)ccc1OC(C)=O. The highest BCUT2D eigenvalue weighted by Crippen LogP contribution is 2.29. The van der Waals surface area contributed by atoms with Crippen molar-refractivity contribution in [2.45, 2.75) is 13.8 Å². The first-order valence-corrected chi connectivity index (χ1v) is 7.46. The minimum absolute atomic E-state index is 0.247. The lowest BCUT2D eigenvalue weighted by atomic mass is 10.1. The summed E-state index contributed by atoms with van der Waals surface area (Å²) in [6.07, 6.45) is 3.73. The number of carbonyl (C=O) groups is 2. The van der Waals surface area contributed by atoms with Gasteiger partial charge in [0.2, 0.25) is 0 Å². The fourth-order valence-corrected chi connectivity index (χ4v) is 2.07. The molecule has 0 bridgehead atoms. The summed E-state index contributed by atoms with van der Waals surface area (Å²) in [6.45, 7) is 3.65. The molecule has 0 aliphatic rings. The zero-order valence-corrected chi connectivity index (χ0v) is 13.5. The molecule has 1 N–H and O–H groups in total. The molecule has 0 heterocycles. The van der Waals surface area contributed by atoms with E-state index in [-0.39, 0.29) is 5.56 Å². The van der Waals surface area contributed by atoms with Crippen LogP contribution in [0.25, 0.3) is 12.2 Å². The van der Waals surface area contributed by atoms with Gasteiger partial charge in [0.15, 0.2) is 11.5 Å². The Kier molecular flexibility index (Phi) is 5.73. The van der Waals surface area contributed by atoms with Crippen LogP contribution in [-0.2, 0) is 4.79 Å². The van der Waals surface area contributed by atoms with Crippen LogP contribution in [0.3, 0.4) is 0 Å². The molecular formula is C19H18O5. The number of carbonyl (C=O) groups excluding carboxylic acids is 1. The molecule has 2 aromatic carbocycles. The molecule has 0 spiro atoms. The van der Waals surface area contributed by atoms with Crippen LogP contribution in [0.15, 0.2) is 42.5 Å². The number of carboxylic acid groups (broad SMARTS) is 1. The number of hydrogen-bond donors (Lipinski definition) is 1. The first kappa shape index (κ1) is 17.3. The number of carboxylic acids is 1. The zero-order chi connectivity index (χ0) is 17.5. The van der Waals surface area contributed by atoms with E-state index < -0.39 is 11.9 Å². The van der Waals surface area contributed by atoms with Crippen molar-refractivity contribution in [3.8, 4) is 11.5 Å². The number of aromatic carboxylic acids is 1. The number of benzene rings is 2. The Morgan fingerprint density at radius 3 is 2.21 bits per heavy atom. The Morgan fingerprint density at radius 1 is 1.00 bits per heavy atom. The molecule has 5 heteroatoms. The first-order valence-electron chi connectivity index (χ1n) is 7.46. The maximum atomic E-state index is 11.1. The lowest BCUT2D eigenvalue weighted by molar-refractivity contribution is -0.132. The van der Waals surface area contributed by atoms with Crippen LogP contribution in [-0.4, -0.2) is 23.7 Å². The minimum atomic E-state index is -0.951. The van der Waals surface area contributed by atoms with Gasteiger partial charge in [-0.3, -0.25) is 4.79 Å². The Hall–Kier alpha value is -3.08. The van der Waals surface area contributed by atoms with Gasteiger partial charge < -0.3 is 14.6 Å². The normalized spacial score (nSPS) is 10.6. The minimum Gasteiger partial charge on any atom is -0.490 e. The van der Waals surface area contributed by atoms with Gasteiger partial charge in [-0.25, -0.2) is 4.79 Å². The maximum absolute atomic E-state index is 11.1. The van der Waals surface area contributed by atoms with Crippen LogP contribution in [0.5, 0.6) is 11.5 Å². The second-order valence-corrected chi connectivity index (χ2v) is 4.99. The highest BCUT2D eigenvalue weighted by molar-refractivity contribution is 5.88. The lowest BCUT2D eigenvalue weighted by Gasteiger charge is -2.10. The summed E-state index contributed by atoms with van der Waals surface area (Å²) in [5.41, 5.74) is 2.00. The van der Waals surface area contributed by atoms with Crippen molar-refractivity contribution in [3.63, 3.8) is 0 Å².